The molecule has 1 rings (SSSR count). The summed E-state index contributed by atoms with van der Waals surface area (Å²) in [5.74, 6) is 0. The minimum Gasteiger partial charge on any atom is -0.247 e. The summed E-state index contributed by atoms with van der Waals surface area (Å²) in [5, 5.41) is 0. The monoisotopic (exact) mass is 173 g/mol. The summed E-state index contributed by atoms with van der Waals surface area (Å²) < 4.78 is 2.26. The maximum absolute atomic E-state index is 4.53. The Balaban J connectivity index is 2.32. The van der Waals surface area contributed by atoms with Crippen molar-refractivity contribution in [2.75, 3.05) is 0 Å². The fourth-order valence-corrected chi connectivity index (χ4v) is 2.11. The third-order valence-corrected chi connectivity index (χ3v) is 3.46. The average Bonchev–Trinajstić information content (AvgIpc) is 2.53. The smallest absolute Gasteiger partial charge is 0.0203 e. The first-order chi connectivity index (χ1) is 5.25. The lowest BCUT2D eigenvalue weighted by Gasteiger charge is -2.28. The quantitative estimate of drug-likeness (QED) is 0.642. The zero-order chi connectivity index (χ0) is 8.27. The lowest BCUT2D eigenvalue weighted by molar-refractivity contribution is 0.287. The highest BCUT2D eigenvalue weighted by atomic mass is 32.1. The fraction of sp³-hybridized carbons (Fsp3) is 1.00. The molecule has 11 heavy (non-hydrogen) atoms. The maximum Gasteiger partial charge on any atom is 0.0203 e. The molecule has 1 nitrogen and oxygen atoms in total. The molecule has 1 aliphatic rings. The normalized spacial score (nSPS) is 22.9. The number of rotatable bonds is 3. The van der Waals surface area contributed by atoms with Crippen molar-refractivity contribution >= 4 is 12.8 Å². The third-order valence-electron chi connectivity index (χ3n) is 2.74. The van der Waals surface area contributed by atoms with Crippen molar-refractivity contribution in [3.05, 3.63) is 0 Å². The van der Waals surface area contributed by atoms with E-state index in [1.165, 1.54) is 32.1 Å². The molecule has 0 aromatic carbocycles. The Kier molecular flexibility index (Phi) is 3.73. The molecule has 0 aromatic rings. The highest BCUT2D eigenvalue weighted by molar-refractivity contribution is 7.77. The van der Waals surface area contributed by atoms with Gasteiger partial charge in [-0.2, -0.15) is 0 Å². The van der Waals surface area contributed by atoms with Gasteiger partial charge < -0.3 is 0 Å². The Morgan fingerprint density at radius 3 is 2.45 bits per heavy atom. The van der Waals surface area contributed by atoms with E-state index in [-0.39, 0.29) is 0 Å². The van der Waals surface area contributed by atoms with Gasteiger partial charge in [-0.1, -0.05) is 32.6 Å². The number of hydrogen-bond acceptors (Lipinski definition) is 2. The largest absolute Gasteiger partial charge is 0.247 e. The predicted molar refractivity (Wildman–Crippen MR) is 52.8 cm³/mol. The second kappa shape index (κ2) is 4.36. The molecule has 0 spiro atoms. The standard InChI is InChI=1S/C9H19NS/c1-3-8(2)10(11)9-6-4-5-7-9/h8-9,11H,3-7H2,1-2H3. The maximum atomic E-state index is 4.53. The zero-order valence-corrected chi connectivity index (χ0v) is 8.48. The van der Waals surface area contributed by atoms with Gasteiger partial charge in [-0.3, -0.25) is 0 Å². The number of thiol groups is 1. The summed E-state index contributed by atoms with van der Waals surface area (Å²) in [4.78, 5) is 0. The van der Waals surface area contributed by atoms with Crippen LogP contribution in [0.3, 0.4) is 0 Å². The van der Waals surface area contributed by atoms with Crippen molar-refractivity contribution in [2.24, 2.45) is 0 Å². The Hall–Kier alpha value is 0.310. The van der Waals surface area contributed by atoms with Crippen molar-refractivity contribution in [3.63, 3.8) is 0 Å². The summed E-state index contributed by atoms with van der Waals surface area (Å²) in [5.41, 5.74) is 0. The first-order valence-corrected chi connectivity index (χ1v) is 5.13. The molecule has 1 aliphatic carbocycles. The van der Waals surface area contributed by atoms with Gasteiger partial charge in [0.2, 0.25) is 0 Å². The van der Waals surface area contributed by atoms with E-state index < -0.39 is 0 Å². The molecule has 0 radical (unpaired) electrons. The average molecular weight is 173 g/mol. The Morgan fingerprint density at radius 1 is 1.45 bits per heavy atom. The van der Waals surface area contributed by atoms with Gasteiger partial charge in [0.25, 0.3) is 0 Å². The van der Waals surface area contributed by atoms with Gasteiger partial charge in [0.1, 0.15) is 0 Å². The first-order valence-electron chi connectivity index (χ1n) is 4.73. The van der Waals surface area contributed by atoms with Crippen molar-refractivity contribution < 1.29 is 0 Å². The van der Waals surface area contributed by atoms with Gasteiger partial charge in [-0.05, 0) is 26.2 Å². The van der Waals surface area contributed by atoms with E-state index in [4.69, 9.17) is 0 Å². The van der Waals surface area contributed by atoms with Gasteiger partial charge in [-0.15, -0.1) is 0 Å². The SMILES string of the molecule is CCC(C)N(S)C1CCCC1. The summed E-state index contributed by atoms with van der Waals surface area (Å²) in [7, 11) is 0. The van der Waals surface area contributed by atoms with E-state index in [2.05, 4.69) is 31.0 Å². The third kappa shape index (κ3) is 2.38. The minimum atomic E-state index is 0.640. The van der Waals surface area contributed by atoms with Crippen LogP contribution >= 0.6 is 12.8 Å². The van der Waals surface area contributed by atoms with Crippen LogP contribution in [0.25, 0.3) is 0 Å². The van der Waals surface area contributed by atoms with Crippen LogP contribution in [-0.2, 0) is 0 Å². The van der Waals surface area contributed by atoms with E-state index in [0.717, 1.165) is 6.04 Å². The highest BCUT2D eigenvalue weighted by Crippen LogP contribution is 2.26. The minimum absolute atomic E-state index is 0.640. The van der Waals surface area contributed by atoms with Crippen LogP contribution in [0.4, 0.5) is 0 Å². The van der Waals surface area contributed by atoms with E-state index >= 15 is 0 Å². The van der Waals surface area contributed by atoms with E-state index in [0.29, 0.717) is 6.04 Å². The molecule has 2 heteroatoms. The van der Waals surface area contributed by atoms with Crippen molar-refractivity contribution in [3.8, 4) is 0 Å². The lowest BCUT2D eigenvalue weighted by Crippen LogP contribution is -2.32. The zero-order valence-electron chi connectivity index (χ0n) is 7.58. The van der Waals surface area contributed by atoms with Gasteiger partial charge in [-0.25, -0.2) is 4.31 Å². The number of nitrogens with zero attached hydrogens (tertiary/aromatic N) is 1. The van der Waals surface area contributed by atoms with Gasteiger partial charge in [0.15, 0.2) is 0 Å². The molecule has 1 fully saturated rings. The van der Waals surface area contributed by atoms with E-state index in [1.54, 1.807) is 0 Å². The van der Waals surface area contributed by atoms with Crippen molar-refractivity contribution in [1.82, 2.24) is 4.31 Å². The predicted octanol–water partition coefficient (Wildman–Crippen LogP) is 2.87. The molecule has 66 valence electrons. The molecule has 0 heterocycles. The lowest BCUT2D eigenvalue weighted by atomic mass is 10.2. The molecule has 0 bridgehead atoms. The van der Waals surface area contributed by atoms with Crippen LogP contribution < -0.4 is 0 Å². The van der Waals surface area contributed by atoms with E-state index in [1.807, 2.05) is 0 Å². The Morgan fingerprint density at radius 2 is 2.00 bits per heavy atom. The van der Waals surface area contributed by atoms with Crippen LogP contribution in [0.2, 0.25) is 0 Å². The molecule has 0 N–H and O–H groups in total. The summed E-state index contributed by atoms with van der Waals surface area (Å²) in [6.07, 6.45) is 6.72. The Bertz CT molecular complexity index is 110. The summed E-state index contributed by atoms with van der Waals surface area (Å²) in [6, 6.07) is 1.40. The summed E-state index contributed by atoms with van der Waals surface area (Å²) >= 11 is 4.53. The second-order valence-electron chi connectivity index (χ2n) is 3.58. The topological polar surface area (TPSA) is 3.24 Å². The summed E-state index contributed by atoms with van der Waals surface area (Å²) in [6.45, 7) is 4.48. The van der Waals surface area contributed by atoms with Gasteiger partial charge in [0.05, 0.1) is 0 Å². The van der Waals surface area contributed by atoms with Gasteiger partial charge in [0, 0.05) is 12.1 Å². The van der Waals surface area contributed by atoms with Crippen LogP contribution in [0.1, 0.15) is 46.0 Å². The first kappa shape index (κ1) is 9.40. The molecule has 1 unspecified atom stereocenters. The van der Waals surface area contributed by atoms with Crippen LogP contribution in [-0.4, -0.2) is 16.4 Å². The van der Waals surface area contributed by atoms with E-state index in [9.17, 15) is 0 Å². The van der Waals surface area contributed by atoms with Crippen LogP contribution in [0.5, 0.6) is 0 Å². The van der Waals surface area contributed by atoms with Crippen LogP contribution in [0, 0.1) is 0 Å². The molecular weight excluding hydrogens is 154 g/mol. The highest BCUT2D eigenvalue weighted by Gasteiger charge is 2.22. The molecule has 0 amide bonds. The van der Waals surface area contributed by atoms with Crippen molar-refractivity contribution in [2.45, 2.75) is 58.0 Å². The number of hydrogen-bond donors (Lipinski definition) is 1. The molecule has 0 saturated heterocycles. The molecule has 1 atom stereocenters. The molecule has 1 saturated carbocycles. The molecular formula is C9H19NS. The fourth-order valence-electron chi connectivity index (χ4n) is 1.72. The molecule has 0 aromatic heterocycles. The van der Waals surface area contributed by atoms with Crippen molar-refractivity contribution in [1.29, 1.82) is 0 Å². The second-order valence-corrected chi connectivity index (χ2v) is 4.04. The van der Waals surface area contributed by atoms with Gasteiger partial charge >= 0.3 is 0 Å². The van der Waals surface area contributed by atoms with Crippen LogP contribution in [0.15, 0.2) is 0 Å². The Labute approximate surface area is 75.7 Å². The molecule has 0 aliphatic heterocycles.